The average molecular weight is 532 g/mol. The topological polar surface area (TPSA) is 92.8 Å². The highest BCUT2D eigenvalue weighted by Gasteiger charge is 2.34. The monoisotopic (exact) mass is 531 g/mol. The lowest BCUT2D eigenvalue weighted by molar-refractivity contribution is 0.0188. The zero-order valence-electron chi connectivity index (χ0n) is 23.0. The summed E-state index contributed by atoms with van der Waals surface area (Å²) in [6, 6.07) is 12.1. The molecule has 1 aromatic carbocycles. The van der Waals surface area contributed by atoms with E-state index in [0.29, 0.717) is 5.92 Å². The number of amides is 1. The number of pyridine rings is 1. The molecular formula is C30H37N5O4. The highest BCUT2D eigenvalue weighted by Crippen LogP contribution is 2.39. The molecule has 2 saturated heterocycles. The van der Waals surface area contributed by atoms with Gasteiger partial charge in [-0.2, -0.15) is 0 Å². The number of carbonyl (C=O) groups excluding carboxylic acids is 1. The Bertz CT molecular complexity index is 1310. The van der Waals surface area contributed by atoms with Crippen molar-refractivity contribution in [2.75, 3.05) is 33.0 Å². The first-order valence-electron chi connectivity index (χ1n) is 14.0. The number of hydrogen-bond donors (Lipinski definition) is 1. The number of rotatable bonds is 5. The normalized spacial score (nSPS) is 20.0. The predicted molar refractivity (Wildman–Crippen MR) is 148 cm³/mol. The lowest BCUT2D eigenvalue weighted by Crippen LogP contribution is -2.46. The van der Waals surface area contributed by atoms with Crippen LogP contribution in [0.1, 0.15) is 58.2 Å². The van der Waals surface area contributed by atoms with Crippen LogP contribution in [0.2, 0.25) is 0 Å². The van der Waals surface area contributed by atoms with E-state index in [9.17, 15) is 4.79 Å². The summed E-state index contributed by atoms with van der Waals surface area (Å²) >= 11 is 0. The van der Waals surface area contributed by atoms with Gasteiger partial charge in [0.05, 0.1) is 17.1 Å². The number of hydrogen-bond acceptors (Lipinski definition) is 7. The quantitative estimate of drug-likeness (QED) is 0.468. The molecule has 6 rings (SSSR count). The van der Waals surface area contributed by atoms with Crippen LogP contribution in [-0.4, -0.2) is 75.5 Å². The maximum Gasteiger partial charge on any atom is 0.410 e. The SMILES string of the molecule is CC(C)(C)OC(=O)N1CCCC1CN1CCC(c2nc(-c3ccc4c(c3)OCO4)c(-c3ccccn3)[nH]2)CC1. The highest BCUT2D eigenvalue weighted by atomic mass is 16.7. The van der Waals surface area contributed by atoms with Gasteiger partial charge in [-0.05, 0) is 89.9 Å². The van der Waals surface area contributed by atoms with Gasteiger partial charge in [-0.3, -0.25) is 4.98 Å². The van der Waals surface area contributed by atoms with E-state index >= 15 is 0 Å². The molecule has 3 aliphatic heterocycles. The van der Waals surface area contributed by atoms with E-state index in [1.54, 1.807) is 6.20 Å². The van der Waals surface area contributed by atoms with Crippen molar-refractivity contribution in [3.8, 4) is 34.1 Å². The van der Waals surface area contributed by atoms with Gasteiger partial charge < -0.3 is 29.0 Å². The Hall–Kier alpha value is -3.59. The number of aromatic amines is 1. The Kier molecular flexibility index (Phi) is 6.93. The van der Waals surface area contributed by atoms with Gasteiger partial charge in [0.25, 0.3) is 0 Å². The van der Waals surface area contributed by atoms with Gasteiger partial charge >= 0.3 is 6.09 Å². The summed E-state index contributed by atoms with van der Waals surface area (Å²) in [6.45, 7) is 9.64. The molecule has 206 valence electrons. The second kappa shape index (κ2) is 10.5. The van der Waals surface area contributed by atoms with Crippen molar-refractivity contribution in [3.63, 3.8) is 0 Å². The number of piperidine rings is 1. The number of ether oxygens (including phenoxy) is 3. The van der Waals surface area contributed by atoms with Crippen LogP contribution in [0.3, 0.4) is 0 Å². The summed E-state index contributed by atoms with van der Waals surface area (Å²) in [5.41, 5.74) is 3.17. The molecule has 9 heteroatoms. The van der Waals surface area contributed by atoms with Crippen LogP contribution in [0, 0.1) is 0 Å². The molecule has 1 atom stereocenters. The first-order chi connectivity index (χ1) is 18.8. The summed E-state index contributed by atoms with van der Waals surface area (Å²) in [6.07, 6.45) is 5.70. The van der Waals surface area contributed by atoms with Crippen molar-refractivity contribution in [3.05, 3.63) is 48.4 Å². The van der Waals surface area contributed by atoms with Crippen LogP contribution < -0.4 is 9.47 Å². The van der Waals surface area contributed by atoms with E-state index in [1.807, 2.05) is 62.1 Å². The summed E-state index contributed by atoms with van der Waals surface area (Å²) < 4.78 is 16.8. The van der Waals surface area contributed by atoms with Crippen molar-refractivity contribution in [1.29, 1.82) is 0 Å². The third-order valence-electron chi connectivity index (χ3n) is 7.74. The lowest BCUT2D eigenvalue weighted by Gasteiger charge is -2.35. The molecule has 0 spiro atoms. The Labute approximate surface area is 229 Å². The number of nitrogens with zero attached hydrogens (tertiary/aromatic N) is 4. The molecular weight excluding hydrogens is 494 g/mol. The number of carbonyl (C=O) groups is 1. The minimum atomic E-state index is -0.473. The second-order valence-corrected chi connectivity index (χ2v) is 11.7. The van der Waals surface area contributed by atoms with Crippen molar-refractivity contribution in [2.45, 2.75) is 64.0 Å². The van der Waals surface area contributed by atoms with E-state index in [4.69, 9.17) is 19.2 Å². The fourth-order valence-corrected chi connectivity index (χ4v) is 5.81. The number of nitrogens with one attached hydrogen (secondary N) is 1. The van der Waals surface area contributed by atoms with Crippen molar-refractivity contribution in [1.82, 2.24) is 24.8 Å². The van der Waals surface area contributed by atoms with Crippen molar-refractivity contribution in [2.24, 2.45) is 0 Å². The molecule has 3 aromatic rings. The number of likely N-dealkylation sites (tertiary alicyclic amines) is 2. The molecule has 2 fully saturated rings. The minimum absolute atomic E-state index is 0.187. The molecule has 9 nitrogen and oxygen atoms in total. The van der Waals surface area contributed by atoms with Gasteiger partial charge in [0.2, 0.25) is 6.79 Å². The van der Waals surface area contributed by atoms with Crippen LogP contribution in [0.25, 0.3) is 22.6 Å². The number of imidazole rings is 1. The van der Waals surface area contributed by atoms with Gasteiger partial charge in [0.1, 0.15) is 11.4 Å². The van der Waals surface area contributed by atoms with Crippen LogP contribution in [0.15, 0.2) is 42.6 Å². The third kappa shape index (κ3) is 5.59. The Morgan fingerprint density at radius 3 is 2.67 bits per heavy atom. The van der Waals surface area contributed by atoms with Crippen molar-refractivity contribution >= 4 is 6.09 Å². The van der Waals surface area contributed by atoms with E-state index in [2.05, 4.69) is 14.9 Å². The molecule has 0 radical (unpaired) electrons. The van der Waals surface area contributed by atoms with Gasteiger partial charge in [-0.15, -0.1) is 0 Å². The number of aromatic nitrogens is 3. The maximum absolute atomic E-state index is 12.7. The summed E-state index contributed by atoms with van der Waals surface area (Å²) in [4.78, 5) is 30.5. The van der Waals surface area contributed by atoms with Gasteiger partial charge in [-0.25, -0.2) is 9.78 Å². The molecule has 0 aliphatic carbocycles. The maximum atomic E-state index is 12.7. The molecule has 3 aliphatic rings. The van der Waals surface area contributed by atoms with Gasteiger partial charge in [0, 0.05) is 36.8 Å². The fraction of sp³-hybridized carbons (Fsp3) is 0.500. The summed E-state index contributed by atoms with van der Waals surface area (Å²) in [5, 5.41) is 0. The molecule has 5 heterocycles. The third-order valence-corrected chi connectivity index (χ3v) is 7.74. The number of fused-ring (bicyclic) bond motifs is 1. The lowest BCUT2D eigenvalue weighted by atomic mass is 9.95. The molecule has 1 N–H and O–H groups in total. The van der Waals surface area contributed by atoms with E-state index in [1.165, 1.54) is 0 Å². The smallest absolute Gasteiger partial charge is 0.410 e. The minimum Gasteiger partial charge on any atom is -0.454 e. The summed E-state index contributed by atoms with van der Waals surface area (Å²) in [5.74, 6) is 2.83. The van der Waals surface area contributed by atoms with Crippen LogP contribution in [0.4, 0.5) is 4.79 Å². The molecule has 0 saturated carbocycles. The van der Waals surface area contributed by atoms with E-state index in [-0.39, 0.29) is 18.9 Å². The van der Waals surface area contributed by atoms with Gasteiger partial charge in [-0.1, -0.05) is 6.07 Å². The first-order valence-corrected chi connectivity index (χ1v) is 14.0. The average Bonchev–Trinajstić information content (AvgIpc) is 3.68. The number of H-pyrrole nitrogens is 1. The zero-order valence-corrected chi connectivity index (χ0v) is 23.0. The Morgan fingerprint density at radius 1 is 1.08 bits per heavy atom. The summed E-state index contributed by atoms with van der Waals surface area (Å²) in [7, 11) is 0. The van der Waals surface area contributed by atoms with Gasteiger partial charge in [0.15, 0.2) is 11.5 Å². The highest BCUT2D eigenvalue weighted by molar-refractivity contribution is 5.78. The molecule has 2 aromatic heterocycles. The molecule has 1 unspecified atom stereocenters. The number of benzene rings is 1. The fourth-order valence-electron chi connectivity index (χ4n) is 5.81. The molecule has 0 bridgehead atoms. The van der Waals surface area contributed by atoms with Crippen LogP contribution >= 0.6 is 0 Å². The molecule has 1 amide bonds. The standard InChI is InChI=1S/C30H37N5O4/c1-30(2,3)39-29(36)35-14-6-7-22(35)18-34-15-11-20(12-16-34)28-32-26(27(33-28)23-8-4-5-13-31-23)21-9-10-24-25(17-21)38-19-37-24/h4-5,8-10,13,17,20,22H,6-7,11-12,14-16,18-19H2,1-3H3,(H,32,33). The van der Waals surface area contributed by atoms with E-state index < -0.39 is 5.60 Å². The Balaban J connectivity index is 1.16. The predicted octanol–water partition coefficient (Wildman–Crippen LogP) is 5.45. The van der Waals surface area contributed by atoms with E-state index in [0.717, 1.165) is 91.8 Å². The van der Waals surface area contributed by atoms with Crippen molar-refractivity contribution < 1.29 is 19.0 Å². The Morgan fingerprint density at radius 2 is 1.90 bits per heavy atom. The zero-order chi connectivity index (χ0) is 27.0. The molecule has 39 heavy (non-hydrogen) atoms. The largest absolute Gasteiger partial charge is 0.454 e. The van der Waals surface area contributed by atoms with Crippen LogP contribution in [-0.2, 0) is 4.74 Å². The van der Waals surface area contributed by atoms with Crippen LogP contribution in [0.5, 0.6) is 11.5 Å². The second-order valence-electron chi connectivity index (χ2n) is 11.7. The first kappa shape index (κ1) is 25.7.